The van der Waals surface area contributed by atoms with Gasteiger partial charge in [-0.15, -0.1) is 0 Å². The minimum Gasteiger partial charge on any atom is -0.497 e. The number of ether oxygens (including phenoxy) is 2. The van der Waals surface area contributed by atoms with Crippen LogP contribution < -0.4 is 4.74 Å². The lowest BCUT2D eigenvalue weighted by molar-refractivity contribution is 0.0600. The van der Waals surface area contributed by atoms with Gasteiger partial charge in [0.15, 0.2) is 0 Å². The van der Waals surface area contributed by atoms with Crippen LogP contribution in [0.2, 0.25) is 5.15 Å². The lowest BCUT2D eigenvalue weighted by atomic mass is 10.1. The molecule has 5 heteroatoms. The quantitative estimate of drug-likeness (QED) is 0.638. The molecule has 2 aromatic rings. The molecule has 0 aliphatic heterocycles. The van der Waals surface area contributed by atoms with Gasteiger partial charge in [0.05, 0.1) is 25.5 Å². The van der Waals surface area contributed by atoms with Crippen molar-refractivity contribution in [3.63, 3.8) is 0 Å². The standard InChI is InChI=1S/C14H12ClNO3/c1-18-10-5-3-9(4-6-10)12-8-7-11(13(15)16-12)14(17)19-2/h3-8H,1-2H3. The lowest BCUT2D eigenvalue weighted by Crippen LogP contribution is -2.03. The summed E-state index contributed by atoms with van der Waals surface area (Å²) in [4.78, 5) is 15.6. The molecular weight excluding hydrogens is 266 g/mol. The van der Waals surface area contributed by atoms with E-state index in [2.05, 4.69) is 9.72 Å². The highest BCUT2D eigenvalue weighted by Crippen LogP contribution is 2.24. The molecule has 0 aliphatic carbocycles. The maximum absolute atomic E-state index is 11.4. The number of rotatable bonds is 3. The average Bonchev–Trinajstić information content (AvgIpc) is 2.46. The third kappa shape index (κ3) is 2.85. The van der Waals surface area contributed by atoms with Crippen LogP contribution in [0.1, 0.15) is 10.4 Å². The van der Waals surface area contributed by atoms with Crippen molar-refractivity contribution in [1.82, 2.24) is 4.98 Å². The monoisotopic (exact) mass is 277 g/mol. The van der Waals surface area contributed by atoms with E-state index >= 15 is 0 Å². The van der Waals surface area contributed by atoms with Crippen LogP contribution in [-0.2, 0) is 4.74 Å². The number of hydrogen-bond acceptors (Lipinski definition) is 4. The zero-order valence-electron chi connectivity index (χ0n) is 10.5. The molecule has 0 N–H and O–H groups in total. The molecule has 0 spiro atoms. The average molecular weight is 278 g/mol. The van der Waals surface area contributed by atoms with Crippen molar-refractivity contribution >= 4 is 17.6 Å². The predicted molar refractivity (Wildman–Crippen MR) is 72.6 cm³/mol. The summed E-state index contributed by atoms with van der Waals surface area (Å²) in [6, 6.07) is 10.7. The van der Waals surface area contributed by atoms with Crippen molar-refractivity contribution < 1.29 is 14.3 Å². The molecule has 0 saturated heterocycles. The Balaban J connectivity index is 2.35. The molecule has 1 heterocycles. The highest BCUT2D eigenvalue weighted by Gasteiger charge is 2.12. The van der Waals surface area contributed by atoms with E-state index in [0.29, 0.717) is 5.69 Å². The van der Waals surface area contributed by atoms with Crippen LogP contribution >= 0.6 is 11.6 Å². The van der Waals surface area contributed by atoms with Crippen molar-refractivity contribution in [2.24, 2.45) is 0 Å². The van der Waals surface area contributed by atoms with Gasteiger partial charge in [-0.2, -0.15) is 0 Å². The number of carbonyl (C=O) groups is 1. The molecule has 0 amide bonds. The Hall–Kier alpha value is -2.07. The highest BCUT2D eigenvalue weighted by molar-refractivity contribution is 6.32. The van der Waals surface area contributed by atoms with Crippen molar-refractivity contribution in [1.29, 1.82) is 0 Å². The van der Waals surface area contributed by atoms with Gasteiger partial charge in [0, 0.05) is 5.56 Å². The second kappa shape index (κ2) is 5.71. The number of nitrogens with zero attached hydrogens (tertiary/aromatic N) is 1. The Labute approximate surface area is 115 Å². The molecule has 4 nitrogen and oxygen atoms in total. The number of methoxy groups -OCH3 is 2. The van der Waals surface area contributed by atoms with E-state index in [9.17, 15) is 4.79 Å². The zero-order chi connectivity index (χ0) is 13.8. The smallest absolute Gasteiger partial charge is 0.341 e. The van der Waals surface area contributed by atoms with E-state index in [4.69, 9.17) is 16.3 Å². The largest absolute Gasteiger partial charge is 0.497 e. The van der Waals surface area contributed by atoms with Crippen LogP contribution in [0.25, 0.3) is 11.3 Å². The number of halogens is 1. The summed E-state index contributed by atoms with van der Waals surface area (Å²) in [5.41, 5.74) is 1.82. The number of benzene rings is 1. The highest BCUT2D eigenvalue weighted by atomic mass is 35.5. The van der Waals surface area contributed by atoms with Gasteiger partial charge in [0.25, 0.3) is 0 Å². The Morgan fingerprint density at radius 1 is 1.11 bits per heavy atom. The van der Waals surface area contributed by atoms with Crippen molar-refractivity contribution in [2.45, 2.75) is 0 Å². The molecule has 0 saturated carbocycles. The van der Waals surface area contributed by atoms with Gasteiger partial charge in [-0.1, -0.05) is 11.6 Å². The first kappa shape index (κ1) is 13.4. The first-order valence-electron chi connectivity index (χ1n) is 5.55. The number of hydrogen-bond donors (Lipinski definition) is 0. The molecule has 1 aromatic heterocycles. The fourth-order valence-corrected chi connectivity index (χ4v) is 1.85. The summed E-state index contributed by atoms with van der Waals surface area (Å²) in [5, 5.41) is 0.125. The zero-order valence-corrected chi connectivity index (χ0v) is 11.3. The number of carbonyl (C=O) groups excluding carboxylic acids is 1. The Morgan fingerprint density at radius 2 is 1.79 bits per heavy atom. The third-order valence-electron chi connectivity index (χ3n) is 2.64. The Morgan fingerprint density at radius 3 is 2.32 bits per heavy atom. The molecule has 0 atom stereocenters. The maximum Gasteiger partial charge on any atom is 0.341 e. The topological polar surface area (TPSA) is 48.4 Å². The number of aromatic nitrogens is 1. The van der Waals surface area contributed by atoms with E-state index in [-0.39, 0.29) is 10.7 Å². The fraction of sp³-hybridized carbons (Fsp3) is 0.143. The van der Waals surface area contributed by atoms with Gasteiger partial charge < -0.3 is 9.47 Å². The van der Waals surface area contributed by atoms with E-state index < -0.39 is 5.97 Å². The fourth-order valence-electron chi connectivity index (χ4n) is 1.62. The van der Waals surface area contributed by atoms with Gasteiger partial charge in [-0.3, -0.25) is 0 Å². The van der Waals surface area contributed by atoms with Gasteiger partial charge in [0.2, 0.25) is 0 Å². The van der Waals surface area contributed by atoms with Crippen LogP contribution in [0, 0.1) is 0 Å². The molecule has 0 radical (unpaired) electrons. The summed E-state index contributed by atoms with van der Waals surface area (Å²) in [6.07, 6.45) is 0. The van der Waals surface area contributed by atoms with Gasteiger partial charge in [-0.25, -0.2) is 9.78 Å². The lowest BCUT2D eigenvalue weighted by Gasteiger charge is -2.06. The molecule has 98 valence electrons. The van der Waals surface area contributed by atoms with Crippen LogP contribution in [0.4, 0.5) is 0 Å². The summed E-state index contributed by atoms with van der Waals surface area (Å²) < 4.78 is 9.70. The molecule has 2 rings (SSSR count). The van der Waals surface area contributed by atoms with Crippen LogP contribution in [0.5, 0.6) is 5.75 Å². The Bertz CT molecular complexity index is 596. The summed E-state index contributed by atoms with van der Waals surface area (Å²) in [5.74, 6) is 0.264. The minimum absolute atomic E-state index is 0.125. The van der Waals surface area contributed by atoms with E-state index in [1.165, 1.54) is 7.11 Å². The van der Waals surface area contributed by atoms with Gasteiger partial charge in [0.1, 0.15) is 10.9 Å². The van der Waals surface area contributed by atoms with Crippen LogP contribution in [-0.4, -0.2) is 25.2 Å². The third-order valence-corrected chi connectivity index (χ3v) is 2.93. The second-order valence-electron chi connectivity index (χ2n) is 3.75. The van der Waals surface area contributed by atoms with Gasteiger partial charge in [-0.05, 0) is 36.4 Å². The molecule has 0 bridgehead atoms. The molecule has 1 aromatic carbocycles. The summed E-state index contributed by atoms with van der Waals surface area (Å²) >= 11 is 5.97. The molecule has 19 heavy (non-hydrogen) atoms. The number of pyridine rings is 1. The normalized spacial score (nSPS) is 10.1. The molecule has 0 unspecified atom stereocenters. The molecule has 0 fully saturated rings. The molecule has 0 aliphatic rings. The summed E-state index contributed by atoms with van der Waals surface area (Å²) in [7, 11) is 2.91. The van der Waals surface area contributed by atoms with Crippen molar-refractivity contribution in [2.75, 3.05) is 14.2 Å². The van der Waals surface area contributed by atoms with E-state index in [1.54, 1.807) is 19.2 Å². The predicted octanol–water partition coefficient (Wildman–Crippen LogP) is 3.20. The second-order valence-corrected chi connectivity index (χ2v) is 4.11. The van der Waals surface area contributed by atoms with Crippen molar-refractivity contribution in [3.05, 3.63) is 47.1 Å². The van der Waals surface area contributed by atoms with E-state index in [0.717, 1.165) is 11.3 Å². The van der Waals surface area contributed by atoms with E-state index in [1.807, 2.05) is 24.3 Å². The first-order valence-corrected chi connectivity index (χ1v) is 5.93. The number of esters is 1. The maximum atomic E-state index is 11.4. The molecular formula is C14H12ClNO3. The minimum atomic E-state index is -0.501. The van der Waals surface area contributed by atoms with Crippen LogP contribution in [0.3, 0.4) is 0 Å². The van der Waals surface area contributed by atoms with Crippen molar-refractivity contribution in [3.8, 4) is 17.0 Å². The Kier molecular flexibility index (Phi) is 4.02. The summed E-state index contributed by atoms with van der Waals surface area (Å²) in [6.45, 7) is 0. The van der Waals surface area contributed by atoms with Gasteiger partial charge >= 0.3 is 5.97 Å². The first-order chi connectivity index (χ1) is 9.15. The SMILES string of the molecule is COC(=O)c1ccc(-c2ccc(OC)cc2)nc1Cl. The van der Waals surface area contributed by atoms with Crippen LogP contribution in [0.15, 0.2) is 36.4 Å².